The quantitative estimate of drug-likeness (QED) is 0.224. The summed E-state index contributed by atoms with van der Waals surface area (Å²) in [6, 6.07) is 7.62. The minimum atomic E-state index is -3.45. The second-order valence-corrected chi connectivity index (χ2v) is 14.1. The molecule has 0 radical (unpaired) electrons. The average molecular weight is 608 g/mol. The summed E-state index contributed by atoms with van der Waals surface area (Å²) < 4.78 is 27.4. The largest absolute Gasteiger partial charge is 0.346 e. The molecule has 0 saturated carbocycles. The van der Waals surface area contributed by atoms with Gasteiger partial charge < -0.3 is 26.6 Å². The second-order valence-electron chi connectivity index (χ2n) is 11.9. The Kier molecular flexibility index (Phi) is 11.5. The van der Waals surface area contributed by atoms with Crippen molar-refractivity contribution in [3.8, 4) is 0 Å². The zero-order valence-corrected chi connectivity index (χ0v) is 25.8. The molecule has 2 atom stereocenters. The number of rotatable bonds is 13. The molecule has 234 valence electrons. The van der Waals surface area contributed by atoms with Crippen LogP contribution in [-0.4, -0.2) is 111 Å². The van der Waals surface area contributed by atoms with Gasteiger partial charge in [0.15, 0.2) is 0 Å². The predicted molar refractivity (Wildman–Crippen MR) is 158 cm³/mol. The van der Waals surface area contributed by atoms with Gasteiger partial charge in [0.1, 0.15) is 6.04 Å². The second kappa shape index (κ2) is 14.4. The molecule has 13 nitrogen and oxygen atoms in total. The van der Waals surface area contributed by atoms with Gasteiger partial charge in [-0.3, -0.25) is 19.2 Å². The first-order valence-corrected chi connectivity index (χ1v) is 15.7. The summed E-state index contributed by atoms with van der Waals surface area (Å²) in [6.07, 6.45) is 2.03. The van der Waals surface area contributed by atoms with Crippen LogP contribution in [0.25, 0.3) is 0 Å². The van der Waals surface area contributed by atoms with E-state index in [1.807, 2.05) is 44.2 Å². The molecular weight excluding hydrogens is 562 g/mol. The van der Waals surface area contributed by atoms with E-state index in [9.17, 15) is 27.6 Å². The Morgan fingerprint density at radius 3 is 2.14 bits per heavy atom. The van der Waals surface area contributed by atoms with Crippen molar-refractivity contribution >= 4 is 33.8 Å². The Balaban J connectivity index is 1.41. The molecule has 0 bridgehead atoms. The van der Waals surface area contributed by atoms with E-state index in [-0.39, 0.29) is 30.3 Å². The molecule has 14 heteroatoms. The maximum absolute atomic E-state index is 12.9. The van der Waals surface area contributed by atoms with Crippen molar-refractivity contribution in [1.82, 2.24) is 29.5 Å². The van der Waals surface area contributed by atoms with Crippen LogP contribution < -0.4 is 21.7 Å². The predicted octanol–water partition coefficient (Wildman–Crippen LogP) is -0.949. The molecule has 2 aliphatic rings. The van der Waals surface area contributed by atoms with Crippen molar-refractivity contribution in [3.05, 3.63) is 35.9 Å². The summed E-state index contributed by atoms with van der Waals surface area (Å²) >= 11 is 0. The normalized spacial score (nSPS) is 18.3. The summed E-state index contributed by atoms with van der Waals surface area (Å²) in [5.74, 6) is -1.62. The number of piperidine rings is 1. The molecule has 1 aromatic rings. The van der Waals surface area contributed by atoms with E-state index in [1.165, 1.54) is 22.7 Å². The molecule has 0 unspecified atom stereocenters. The SMILES string of the molecule is CC(C)C[C@@H](NC(=O)CNC(=O)[C@H](N)Cc1ccccc1)C(=O)NCC(=O)N1CC2(CCN(S(=O)(=O)N(C)C)CC2)C1. The molecule has 1 aromatic carbocycles. The van der Waals surface area contributed by atoms with Gasteiger partial charge in [0.25, 0.3) is 10.2 Å². The topological polar surface area (TPSA) is 174 Å². The fourth-order valence-corrected chi connectivity index (χ4v) is 6.39. The van der Waals surface area contributed by atoms with Crippen LogP contribution in [0.4, 0.5) is 0 Å². The number of benzene rings is 1. The summed E-state index contributed by atoms with van der Waals surface area (Å²) in [7, 11) is -0.428. The number of carbonyl (C=O) groups excluding carboxylic acids is 4. The molecule has 2 saturated heterocycles. The lowest BCUT2D eigenvalue weighted by Gasteiger charge is -2.53. The fourth-order valence-electron chi connectivity index (χ4n) is 5.28. The van der Waals surface area contributed by atoms with Crippen molar-refractivity contribution in [3.63, 3.8) is 0 Å². The van der Waals surface area contributed by atoms with Gasteiger partial charge in [0.2, 0.25) is 23.6 Å². The summed E-state index contributed by atoms with van der Waals surface area (Å²) in [6.45, 7) is 5.17. The van der Waals surface area contributed by atoms with Crippen LogP contribution in [0, 0.1) is 11.3 Å². The lowest BCUT2D eigenvalue weighted by molar-refractivity contribution is -0.146. The number of amides is 4. The van der Waals surface area contributed by atoms with Crippen molar-refractivity contribution in [2.45, 2.75) is 51.6 Å². The molecule has 0 aliphatic carbocycles. The molecule has 4 amide bonds. The zero-order valence-electron chi connectivity index (χ0n) is 25.0. The highest BCUT2D eigenvalue weighted by Crippen LogP contribution is 2.41. The van der Waals surface area contributed by atoms with Crippen LogP contribution in [0.2, 0.25) is 0 Å². The monoisotopic (exact) mass is 607 g/mol. The first-order valence-electron chi connectivity index (χ1n) is 14.3. The minimum absolute atomic E-state index is 0.0862. The smallest absolute Gasteiger partial charge is 0.281 e. The molecule has 1 spiro atoms. The molecule has 2 heterocycles. The molecule has 2 aliphatic heterocycles. The number of nitrogens with two attached hydrogens (primary N) is 1. The zero-order chi connectivity index (χ0) is 31.1. The maximum atomic E-state index is 12.9. The van der Waals surface area contributed by atoms with Crippen LogP contribution >= 0.6 is 0 Å². The van der Waals surface area contributed by atoms with Gasteiger partial charge in [-0.2, -0.15) is 17.0 Å². The van der Waals surface area contributed by atoms with Gasteiger partial charge in [-0.1, -0.05) is 44.2 Å². The summed E-state index contributed by atoms with van der Waals surface area (Å²) in [4.78, 5) is 52.2. The van der Waals surface area contributed by atoms with E-state index >= 15 is 0 Å². The Hall–Kier alpha value is -3.07. The third-order valence-corrected chi connectivity index (χ3v) is 9.75. The lowest BCUT2D eigenvalue weighted by atomic mass is 9.72. The highest BCUT2D eigenvalue weighted by atomic mass is 32.2. The Labute approximate surface area is 248 Å². The molecule has 2 fully saturated rings. The first-order chi connectivity index (χ1) is 19.7. The fraction of sp³-hybridized carbons (Fsp3) is 0.643. The van der Waals surface area contributed by atoms with Gasteiger partial charge >= 0.3 is 0 Å². The molecule has 42 heavy (non-hydrogen) atoms. The van der Waals surface area contributed by atoms with Crippen molar-refractivity contribution in [2.24, 2.45) is 17.1 Å². The summed E-state index contributed by atoms with van der Waals surface area (Å²) in [5, 5.41) is 7.81. The van der Waals surface area contributed by atoms with Gasteiger partial charge in [-0.15, -0.1) is 0 Å². The van der Waals surface area contributed by atoms with Crippen molar-refractivity contribution in [2.75, 3.05) is 53.4 Å². The van der Waals surface area contributed by atoms with Crippen LogP contribution in [0.15, 0.2) is 30.3 Å². The maximum Gasteiger partial charge on any atom is 0.281 e. The van der Waals surface area contributed by atoms with Gasteiger partial charge in [0.05, 0.1) is 19.1 Å². The number of carbonyl (C=O) groups is 4. The third kappa shape index (κ3) is 8.96. The van der Waals surface area contributed by atoms with E-state index in [1.54, 1.807) is 4.90 Å². The molecule has 3 rings (SSSR count). The minimum Gasteiger partial charge on any atom is -0.346 e. The Morgan fingerprint density at radius 2 is 1.57 bits per heavy atom. The van der Waals surface area contributed by atoms with E-state index < -0.39 is 40.0 Å². The Morgan fingerprint density at radius 1 is 0.976 bits per heavy atom. The number of nitrogens with zero attached hydrogens (tertiary/aromatic N) is 3. The van der Waals surface area contributed by atoms with E-state index in [4.69, 9.17) is 5.73 Å². The number of hydrogen-bond acceptors (Lipinski definition) is 7. The van der Waals surface area contributed by atoms with E-state index in [2.05, 4.69) is 16.0 Å². The number of hydrogen-bond donors (Lipinski definition) is 4. The summed E-state index contributed by atoms with van der Waals surface area (Å²) in [5.41, 5.74) is 6.77. The van der Waals surface area contributed by atoms with Crippen LogP contribution in [0.3, 0.4) is 0 Å². The van der Waals surface area contributed by atoms with Crippen LogP contribution in [0.1, 0.15) is 38.7 Å². The number of nitrogens with one attached hydrogen (secondary N) is 3. The van der Waals surface area contributed by atoms with E-state index in [0.29, 0.717) is 51.9 Å². The van der Waals surface area contributed by atoms with E-state index in [0.717, 1.165) is 5.56 Å². The Bertz CT molecular complexity index is 1210. The third-order valence-electron chi connectivity index (χ3n) is 7.81. The molecular formula is C28H45N7O6S. The highest BCUT2D eigenvalue weighted by Gasteiger charge is 2.48. The first kappa shape index (κ1) is 33.4. The van der Waals surface area contributed by atoms with Gasteiger partial charge in [0, 0.05) is 45.7 Å². The standard InChI is InChI=1S/C28H45N7O6S/c1-20(2)14-23(32-24(36)16-30-26(38)22(29)15-21-8-6-5-7-9-21)27(39)31-17-25(37)34-18-28(19-34)10-12-35(13-11-28)42(40,41)33(3)4/h5-9,20,22-23H,10-19,29H2,1-4H3,(H,30,38)(H,31,39)(H,32,36)/t22-,23-/m1/s1. The average Bonchev–Trinajstić information content (AvgIpc) is 2.92. The van der Waals surface area contributed by atoms with Crippen LogP contribution in [-0.2, 0) is 35.8 Å². The van der Waals surface area contributed by atoms with Gasteiger partial charge in [-0.25, -0.2) is 0 Å². The molecule has 0 aromatic heterocycles. The highest BCUT2D eigenvalue weighted by molar-refractivity contribution is 7.86. The lowest BCUT2D eigenvalue weighted by Crippen LogP contribution is -2.64. The molecule has 5 N–H and O–H groups in total. The number of likely N-dealkylation sites (tertiary alicyclic amines) is 1. The van der Waals surface area contributed by atoms with Crippen LogP contribution in [0.5, 0.6) is 0 Å². The van der Waals surface area contributed by atoms with Crippen molar-refractivity contribution in [1.29, 1.82) is 0 Å². The van der Waals surface area contributed by atoms with Crippen molar-refractivity contribution < 1.29 is 27.6 Å². The van der Waals surface area contributed by atoms with Gasteiger partial charge in [-0.05, 0) is 37.2 Å².